The minimum atomic E-state index is -0.600. The molecule has 0 radical (unpaired) electrons. The largest absolute Gasteiger partial charge is 0.493 e. The van der Waals surface area contributed by atoms with Crippen molar-refractivity contribution >= 4 is 23.2 Å². The van der Waals surface area contributed by atoms with Crippen LogP contribution in [0.2, 0.25) is 0 Å². The summed E-state index contributed by atoms with van der Waals surface area (Å²) < 4.78 is 24.6. The number of nitrogens with two attached hydrogens (primary N) is 1. The second-order valence-corrected chi connectivity index (χ2v) is 14.9. The highest BCUT2D eigenvalue weighted by molar-refractivity contribution is 5.94. The number of nitrogens with zero attached hydrogens (tertiary/aromatic N) is 1. The number of aliphatic hydroxyl groups is 1. The van der Waals surface area contributed by atoms with Crippen LogP contribution < -0.4 is 25.8 Å². The van der Waals surface area contributed by atoms with Crippen molar-refractivity contribution in [1.29, 1.82) is 0 Å². The quantitative estimate of drug-likeness (QED) is 0.0795. The standard InChI is InChI=1S/C47H52N4O7/c1-55-43-24-36-20-21-51(28-38(36)25-44(43)56-2)29-39-26-42(33-18-16-31(30-52)17-19-33)58-47(57-39)37-11-6-10-35(23-37)34-9-5-8-32(22-34)27-49-45(53)14-7-15-46(54)50-41-13-4-3-12-40(41)48/h3-6,8-13,16-19,22-25,39,42,47,52H,7,14-15,20-21,26-30,48H2,1-2H3,(H,49,53)(H,50,54)/t39-,42+,47+/m0/s1. The molecule has 11 nitrogen and oxygen atoms in total. The Morgan fingerprint density at radius 1 is 0.793 bits per heavy atom. The maximum atomic E-state index is 12.7. The van der Waals surface area contributed by atoms with Gasteiger partial charge in [0.05, 0.1) is 44.4 Å². The van der Waals surface area contributed by atoms with Crippen LogP contribution in [0.25, 0.3) is 11.1 Å². The van der Waals surface area contributed by atoms with Gasteiger partial charge in [-0.1, -0.05) is 72.8 Å². The van der Waals surface area contributed by atoms with Crippen molar-refractivity contribution in [2.75, 3.05) is 38.4 Å². The maximum absolute atomic E-state index is 12.7. The van der Waals surface area contributed by atoms with Gasteiger partial charge >= 0.3 is 0 Å². The van der Waals surface area contributed by atoms with Crippen molar-refractivity contribution in [2.24, 2.45) is 0 Å². The van der Waals surface area contributed by atoms with Crippen LogP contribution in [0, 0.1) is 0 Å². The second kappa shape index (κ2) is 19.1. The summed E-state index contributed by atoms with van der Waals surface area (Å²) in [5.74, 6) is 1.19. The van der Waals surface area contributed by atoms with Crippen molar-refractivity contribution in [3.8, 4) is 22.6 Å². The van der Waals surface area contributed by atoms with Crippen LogP contribution in [0.4, 0.5) is 11.4 Å². The number of anilines is 2. The predicted octanol–water partition coefficient (Wildman–Crippen LogP) is 7.47. The molecule has 2 amide bonds. The fraction of sp³-hybridized carbons (Fsp3) is 0.319. The number of amides is 2. The van der Waals surface area contributed by atoms with E-state index < -0.39 is 6.29 Å². The molecule has 0 bridgehead atoms. The maximum Gasteiger partial charge on any atom is 0.224 e. The van der Waals surface area contributed by atoms with Crippen molar-refractivity contribution in [1.82, 2.24) is 10.2 Å². The third-order valence-corrected chi connectivity index (χ3v) is 10.8. The second-order valence-electron chi connectivity index (χ2n) is 14.9. The molecule has 0 spiro atoms. The van der Waals surface area contributed by atoms with E-state index in [4.69, 9.17) is 24.7 Å². The van der Waals surface area contributed by atoms with E-state index in [9.17, 15) is 14.7 Å². The van der Waals surface area contributed by atoms with E-state index >= 15 is 0 Å². The zero-order valence-electron chi connectivity index (χ0n) is 33.1. The topological polar surface area (TPSA) is 145 Å². The number of ether oxygens (including phenoxy) is 4. The summed E-state index contributed by atoms with van der Waals surface area (Å²) in [6.07, 6.45) is 1.58. The Morgan fingerprint density at radius 2 is 1.52 bits per heavy atom. The first-order valence-electron chi connectivity index (χ1n) is 19.9. The first-order valence-corrected chi connectivity index (χ1v) is 19.9. The van der Waals surface area contributed by atoms with Gasteiger partial charge in [0.25, 0.3) is 0 Å². The zero-order valence-corrected chi connectivity index (χ0v) is 33.1. The number of nitrogens with one attached hydrogen (secondary N) is 2. The minimum absolute atomic E-state index is 0.0141. The van der Waals surface area contributed by atoms with Gasteiger partial charge in [0.2, 0.25) is 11.8 Å². The smallest absolute Gasteiger partial charge is 0.224 e. The predicted molar refractivity (Wildman–Crippen MR) is 224 cm³/mol. The van der Waals surface area contributed by atoms with Crippen LogP contribution in [0.15, 0.2) is 109 Å². The highest BCUT2D eigenvalue weighted by atomic mass is 16.7. The number of carbonyl (C=O) groups excluding carboxylic acids is 2. The third-order valence-electron chi connectivity index (χ3n) is 10.8. The van der Waals surface area contributed by atoms with Crippen LogP contribution in [0.1, 0.15) is 71.5 Å². The van der Waals surface area contributed by atoms with Gasteiger partial charge < -0.3 is 40.4 Å². The van der Waals surface area contributed by atoms with E-state index in [1.54, 1.807) is 26.4 Å². The summed E-state index contributed by atoms with van der Waals surface area (Å²) in [5.41, 5.74) is 15.3. The minimum Gasteiger partial charge on any atom is -0.493 e. The van der Waals surface area contributed by atoms with Gasteiger partial charge in [0.1, 0.15) is 0 Å². The Labute approximate surface area is 340 Å². The van der Waals surface area contributed by atoms with Gasteiger partial charge in [-0.25, -0.2) is 0 Å². The van der Waals surface area contributed by atoms with Crippen molar-refractivity contribution in [2.45, 2.75) is 70.3 Å². The van der Waals surface area contributed by atoms with Crippen LogP contribution in [0.5, 0.6) is 11.5 Å². The number of hydrogen-bond acceptors (Lipinski definition) is 9. The summed E-state index contributed by atoms with van der Waals surface area (Å²) in [6, 6.07) is 35.6. The van der Waals surface area contributed by atoms with Crippen LogP contribution in [-0.4, -0.2) is 55.2 Å². The number of fused-ring (bicyclic) bond motifs is 1. The molecule has 5 aromatic carbocycles. The Balaban J connectivity index is 1.000. The molecule has 0 unspecified atom stereocenters. The molecule has 2 aliphatic rings. The first kappa shape index (κ1) is 40.5. The van der Waals surface area contributed by atoms with Gasteiger partial charge in [0, 0.05) is 51.0 Å². The van der Waals surface area contributed by atoms with Crippen molar-refractivity contribution < 1.29 is 33.6 Å². The molecule has 11 heteroatoms. The molecule has 1 saturated heterocycles. The number of carbonyl (C=O) groups is 2. The lowest BCUT2D eigenvalue weighted by atomic mass is 9.96. The molecule has 7 rings (SSSR count). The van der Waals surface area contributed by atoms with Gasteiger partial charge in [-0.15, -0.1) is 0 Å². The molecular formula is C47H52N4O7. The Morgan fingerprint density at radius 3 is 2.28 bits per heavy atom. The number of para-hydroxylation sites is 2. The van der Waals surface area contributed by atoms with E-state index in [0.717, 1.165) is 70.9 Å². The van der Waals surface area contributed by atoms with Gasteiger partial charge in [-0.2, -0.15) is 0 Å². The molecule has 302 valence electrons. The molecule has 2 heterocycles. The summed E-state index contributed by atoms with van der Waals surface area (Å²) in [5, 5.41) is 15.5. The summed E-state index contributed by atoms with van der Waals surface area (Å²) >= 11 is 0. The first-order chi connectivity index (χ1) is 28.3. The molecule has 5 N–H and O–H groups in total. The SMILES string of the molecule is COc1cc2c(cc1OC)CN(C[C@@H]1C[C@H](c3ccc(CO)cc3)O[C@H](c3cccc(-c4cccc(CNC(=O)CCCC(=O)Nc5ccccc5N)c4)c3)O1)CC2. The molecule has 2 aliphatic heterocycles. The molecule has 0 aromatic heterocycles. The molecular weight excluding hydrogens is 733 g/mol. The summed E-state index contributed by atoms with van der Waals surface area (Å²) in [4.78, 5) is 27.5. The van der Waals surface area contributed by atoms with Crippen LogP contribution in [0.3, 0.4) is 0 Å². The zero-order chi connectivity index (χ0) is 40.4. The molecule has 1 fully saturated rings. The van der Waals surface area contributed by atoms with Crippen LogP contribution in [-0.2, 0) is 45.2 Å². The Kier molecular flexibility index (Phi) is 13.4. The fourth-order valence-corrected chi connectivity index (χ4v) is 7.67. The highest BCUT2D eigenvalue weighted by Crippen LogP contribution is 2.40. The normalized spacial score (nSPS) is 17.9. The van der Waals surface area contributed by atoms with E-state index in [-0.39, 0.29) is 43.5 Å². The molecule has 5 aromatic rings. The number of nitrogen functional groups attached to an aromatic ring is 1. The number of hydrogen-bond donors (Lipinski definition) is 4. The van der Waals surface area contributed by atoms with E-state index in [0.29, 0.717) is 30.8 Å². The Hall–Kier alpha value is -5.72. The van der Waals surface area contributed by atoms with E-state index in [1.807, 2.05) is 60.7 Å². The summed E-state index contributed by atoms with van der Waals surface area (Å²) in [7, 11) is 3.33. The van der Waals surface area contributed by atoms with Gasteiger partial charge in [-0.3, -0.25) is 14.5 Å². The van der Waals surface area contributed by atoms with E-state index in [1.165, 1.54) is 11.1 Å². The average Bonchev–Trinajstić information content (AvgIpc) is 3.26. The van der Waals surface area contributed by atoms with Crippen molar-refractivity contribution in [3.63, 3.8) is 0 Å². The lowest BCUT2D eigenvalue weighted by molar-refractivity contribution is -0.253. The van der Waals surface area contributed by atoms with E-state index in [2.05, 4.69) is 51.9 Å². The molecule has 3 atom stereocenters. The number of aliphatic hydroxyl groups excluding tert-OH is 1. The third kappa shape index (κ3) is 10.2. The Bertz CT molecular complexity index is 2190. The van der Waals surface area contributed by atoms with Gasteiger partial charge in [0.15, 0.2) is 17.8 Å². The highest BCUT2D eigenvalue weighted by Gasteiger charge is 2.34. The molecule has 0 aliphatic carbocycles. The molecule has 0 saturated carbocycles. The lowest BCUT2D eigenvalue weighted by Crippen LogP contribution is -2.41. The number of benzene rings is 5. The monoisotopic (exact) mass is 784 g/mol. The molecule has 58 heavy (non-hydrogen) atoms. The van der Waals surface area contributed by atoms with Gasteiger partial charge in [-0.05, 0) is 88.2 Å². The van der Waals surface area contributed by atoms with Crippen molar-refractivity contribution in [3.05, 3.63) is 143 Å². The fourth-order valence-electron chi connectivity index (χ4n) is 7.67. The summed E-state index contributed by atoms with van der Waals surface area (Å²) in [6.45, 7) is 2.78. The average molecular weight is 785 g/mol. The van der Waals surface area contributed by atoms with Crippen LogP contribution >= 0.6 is 0 Å². The number of rotatable bonds is 15. The number of methoxy groups -OCH3 is 2. The lowest BCUT2D eigenvalue weighted by Gasteiger charge is -2.39.